The van der Waals surface area contributed by atoms with Gasteiger partial charge in [-0.3, -0.25) is 13.9 Å². The molecule has 4 rings (SSSR count). The Morgan fingerprint density at radius 3 is 2.68 bits per heavy atom. The Hall–Kier alpha value is -3.07. The number of carbonyl (C=O) groups excluding carboxylic acids is 1. The number of fused-ring (bicyclic) bond motifs is 1. The Bertz CT molecular complexity index is 1410. The van der Waals surface area contributed by atoms with E-state index in [0.717, 1.165) is 0 Å². The molecule has 0 radical (unpaired) electrons. The zero-order chi connectivity index (χ0) is 29.9. The molecule has 3 heterocycles. The van der Waals surface area contributed by atoms with Gasteiger partial charge in [0.1, 0.15) is 17.9 Å². The average Bonchev–Trinajstić information content (AvgIpc) is 3.41. The molecule has 0 amide bonds. The van der Waals surface area contributed by atoms with E-state index in [1.54, 1.807) is 51.2 Å². The number of anilines is 2. The van der Waals surface area contributed by atoms with Crippen LogP contribution in [0.4, 0.5) is 16.2 Å². The fraction of sp³-hybridized carbons (Fsp3) is 0.500. The van der Waals surface area contributed by atoms with Crippen LogP contribution in [0.1, 0.15) is 33.4 Å². The van der Waals surface area contributed by atoms with E-state index in [1.165, 1.54) is 17.8 Å². The number of halogens is 2. The number of nitrogen functional groups attached to an aromatic ring is 1. The third kappa shape index (κ3) is 6.88. The monoisotopic (exact) mass is 615 g/mol. The van der Waals surface area contributed by atoms with Crippen molar-refractivity contribution in [3.63, 3.8) is 0 Å². The Kier molecular flexibility index (Phi) is 9.36. The van der Waals surface area contributed by atoms with Crippen molar-refractivity contribution in [1.29, 1.82) is 0 Å². The number of aliphatic hydroxyl groups is 1. The van der Waals surface area contributed by atoms with Crippen LogP contribution < -0.4 is 20.7 Å². The van der Waals surface area contributed by atoms with E-state index < -0.39 is 49.4 Å². The second-order valence-corrected chi connectivity index (χ2v) is 11.8. The highest BCUT2D eigenvalue weighted by Gasteiger charge is 2.57. The summed E-state index contributed by atoms with van der Waals surface area (Å²) in [6, 6.07) is 7.12. The van der Waals surface area contributed by atoms with Gasteiger partial charge in [-0.05, 0) is 32.9 Å². The number of aromatic nitrogens is 4. The van der Waals surface area contributed by atoms with Gasteiger partial charge in [0.25, 0.3) is 5.13 Å². The van der Waals surface area contributed by atoms with Crippen LogP contribution >= 0.6 is 19.3 Å². The fourth-order valence-electron chi connectivity index (χ4n) is 4.10. The Morgan fingerprint density at radius 2 is 2.02 bits per heavy atom. The summed E-state index contributed by atoms with van der Waals surface area (Å²) in [4.78, 5) is 24.7. The molecular formula is C24H32ClFN7O7P. The first-order valence-corrected chi connectivity index (χ1v) is 14.6. The average molecular weight is 616 g/mol. The number of alkyl halides is 2. The smallest absolute Gasteiger partial charge is 0.459 e. The number of nitrogens with one attached hydrogen (secondary N) is 2. The summed E-state index contributed by atoms with van der Waals surface area (Å²) in [5.41, 5.74) is 6.19. The fourth-order valence-corrected chi connectivity index (χ4v) is 5.91. The highest BCUT2D eigenvalue weighted by atomic mass is 35.5. The predicted octanol–water partition coefficient (Wildman–Crippen LogP) is 3.14. The number of ether oxygens (including phenoxy) is 2. The van der Waals surface area contributed by atoms with Crippen molar-refractivity contribution in [2.45, 2.75) is 62.9 Å². The number of aliphatic hydroxyl groups excluding tert-OH is 1. The molecule has 6 atom stereocenters. The lowest BCUT2D eigenvalue weighted by atomic mass is 10.1. The zero-order valence-electron chi connectivity index (χ0n) is 22.7. The molecule has 0 spiro atoms. The van der Waals surface area contributed by atoms with Gasteiger partial charge in [-0.25, -0.2) is 13.9 Å². The molecule has 5 N–H and O–H groups in total. The van der Waals surface area contributed by atoms with Crippen LogP contribution in [0.25, 0.3) is 11.2 Å². The molecule has 1 aliphatic heterocycles. The van der Waals surface area contributed by atoms with Gasteiger partial charge in [-0.2, -0.15) is 15.1 Å². The summed E-state index contributed by atoms with van der Waals surface area (Å²) >= 11 is 6.14. The number of hydrogen-bond acceptors (Lipinski definition) is 12. The van der Waals surface area contributed by atoms with Crippen LogP contribution in [0.3, 0.4) is 0 Å². The maximum Gasteiger partial charge on any atom is 0.459 e. The second kappa shape index (κ2) is 12.4. The first kappa shape index (κ1) is 30.9. The third-order valence-corrected chi connectivity index (χ3v) is 8.08. The summed E-state index contributed by atoms with van der Waals surface area (Å²) in [6.07, 6.45) is -3.87. The standard InChI is InChI=1S/C24H32ClFN7O7P/c1-13(2)38-21(35)14(3)32-41(36,40-15-8-6-5-7-9-15)37-11-10-16-18(34)24(25,26)22(39-16)33-12-29-17-19(28-4)30-23(27)31-20(17)33/h5-9,12-14,16,18,22,34H,10-11H2,1-4H3,(H,32,36)(H3,27,28,30,31)/t14?,16-,18-,22-,24-,41+/m1/s1. The van der Waals surface area contributed by atoms with Crippen molar-refractivity contribution < 1.29 is 37.4 Å². The highest BCUT2D eigenvalue weighted by molar-refractivity contribution is 7.52. The van der Waals surface area contributed by atoms with Gasteiger partial charge in [0.05, 0.1) is 25.1 Å². The van der Waals surface area contributed by atoms with E-state index in [9.17, 15) is 14.5 Å². The minimum atomic E-state index is -4.18. The lowest BCUT2D eigenvalue weighted by Gasteiger charge is -2.24. The van der Waals surface area contributed by atoms with Crippen LogP contribution in [0.2, 0.25) is 0 Å². The van der Waals surface area contributed by atoms with E-state index in [2.05, 4.69) is 25.4 Å². The van der Waals surface area contributed by atoms with Gasteiger partial charge in [0.2, 0.25) is 5.95 Å². The highest BCUT2D eigenvalue weighted by Crippen LogP contribution is 2.48. The number of nitrogens with two attached hydrogens (primary N) is 1. The third-order valence-electron chi connectivity index (χ3n) is 6.00. The number of benzene rings is 1. The van der Waals surface area contributed by atoms with Gasteiger partial charge in [0.15, 0.2) is 23.2 Å². The molecule has 14 nitrogen and oxygen atoms in total. The van der Waals surface area contributed by atoms with Crippen molar-refractivity contribution in [2.24, 2.45) is 0 Å². The van der Waals surface area contributed by atoms with Crippen LogP contribution in [0.15, 0.2) is 36.7 Å². The lowest BCUT2D eigenvalue weighted by molar-refractivity contribution is -0.149. The zero-order valence-corrected chi connectivity index (χ0v) is 24.4. The Balaban J connectivity index is 1.49. The van der Waals surface area contributed by atoms with Gasteiger partial charge >= 0.3 is 13.7 Å². The minimum Gasteiger partial charge on any atom is -0.462 e. The van der Waals surface area contributed by atoms with Crippen LogP contribution in [0, 0.1) is 0 Å². The molecule has 1 fully saturated rings. The minimum absolute atomic E-state index is 0.0979. The Morgan fingerprint density at radius 1 is 1.32 bits per heavy atom. The topological polar surface area (TPSA) is 185 Å². The lowest BCUT2D eigenvalue weighted by Crippen LogP contribution is -2.38. The number of nitrogens with zero attached hydrogens (tertiary/aromatic N) is 4. The molecule has 3 aromatic rings. The van der Waals surface area contributed by atoms with E-state index in [0.29, 0.717) is 5.82 Å². The largest absolute Gasteiger partial charge is 0.462 e. The van der Waals surface area contributed by atoms with Crippen LogP contribution in [-0.2, 0) is 23.4 Å². The summed E-state index contributed by atoms with van der Waals surface area (Å²) < 4.78 is 52.6. The van der Waals surface area contributed by atoms with Crippen LogP contribution in [-0.4, -0.2) is 73.7 Å². The van der Waals surface area contributed by atoms with E-state index in [1.807, 2.05) is 0 Å². The molecule has 0 bridgehead atoms. The SMILES string of the molecule is CNc1nc(N)nc2c1ncn2[C@@H]1O[C@H](CCO[P@@](=O)(NC(C)C(=O)OC(C)C)Oc2ccccc2)[C@@H](O)[C@]1(F)Cl. The summed E-state index contributed by atoms with van der Waals surface area (Å²) in [6.45, 7) is 4.46. The molecular weight excluding hydrogens is 584 g/mol. The van der Waals surface area contributed by atoms with Gasteiger partial charge < -0.3 is 30.2 Å². The summed E-state index contributed by atoms with van der Waals surface area (Å²) in [5, 5.41) is 13.3. The first-order valence-electron chi connectivity index (χ1n) is 12.7. The number of carbonyl (C=O) groups is 1. The molecule has 17 heteroatoms. The van der Waals surface area contributed by atoms with Crippen molar-refractivity contribution >= 4 is 48.2 Å². The Labute approximate surface area is 240 Å². The number of hydrogen-bond donors (Lipinski definition) is 4. The van der Waals surface area contributed by atoms with Gasteiger partial charge in [0, 0.05) is 13.5 Å². The molecule has 224 valence electrons. The molecule has 0 aliphatic carbocycles. The quantitative estimate of drug-likeness (QED) is 0.132. The first-order chi connectivity index (χ1) is 19.3. The van der Waals surface area contributed by atoms with E-state index >= 15 is 4.39 Å². The van der Waals surface area contributed by atoms with Crippen LogP contribution in [0.5, 0.6) is 5.75 Å². The van der Waals surface area contributed by atoms with Crippen molar-refractivity contribution in [1.82, 2.24) is 24.6 Å². The number of para-hydroxylation sites is 1. The van der Waals surface area contributed by atoms with Gasteiger partial charge in [-0.15, -0.1) is 0 Å². The molecule has 1 saturated heterocycles. The maximum absolute atomic E-state index is 15.7. The van der Waals surface area contributed by atoms with Gasteiger partial charge in [-0.1, -0.05) is 29.8 Å². The van der Waals surface area contributed by atoms with Crippen molar-refractivity contribution in [2.75, 3.05) is 24.7 Å². The van der Waals surface area contributed by atoms with E-state index in [4.69, 9.17) is 35.9 Å². The molecule has 0 saturated carbocycles. The number of imidazole rings is 1. The summed E-state index contributed by atoms with van der Waals surface area (Å²) in [7, 11) is -2.57. The van der Waals surface area contributed by atoms with Crippen molar-refractivity contribution in [3.8, 4) is 5.75 Å². The molecule has 1 aromatic carbocycles. The number of esters is 1. The maximum atomic E-state index is 15.7. The normalized spacial score (nSPS) is 24.7. The molecule has 1 aliphatic rings. The molecule has 2 aromatic heterocycles. The predicted molar refractivity (Wildman–Crippen MR) is 148 cm³/mol. The second-order valence-electron chi connectivity index (χ2n) is 9.51. The molecule has 1 unspecified atom stereocenters. The molecule has 41 heavy (non-hydrogen) atoms. The number of rotatable bonds is 12. The van der Waals surface area contributed by atoms with Crippen molar-refractivity contribution in [3.05, 3.63) is 36.7 Å². The summed E-state index contributed by atoms with van der Waals surface area (Å²) in [5.74, 6) is -0.246. The van der Waals surface area contributed by atoms with E-state index in [-0.39, 0.29) is 35.9 Å².